The summed E-state index contributed by atoms with van der Waals surface area (Å²) in [4.78, 5) is 0. The van der Waals surface area contributed by atoms with Crippen LogP contribution in [0, 0.1) is 11.3 Å². The maximum Gasteiger partial charge on any atom is 0.247 e. The van der Waals surface area contributed by atoms with Gasteiger partial charge in [-0.05, 0) is 54.9 Å². The summed E-state index contributed by atoms with van der Waals surface area (Å²) >= 11 is 0. The first kappa shape index (κ1) is 14.1. The normalized spacial score (nSPS) is 24.7. The van der Waals surface area contributed by atoms with Crippen molar-refractivity contribution in [2.75, 3.05) is 5.32 Å². The molecule has 4 heteroatoms. The maximum absolute atomic E-state index is 5.21. The van der Waals surface area contributed by atoms with Gasteiger partial charge in [-0.25, -0.2) is 0 Å². The van der Waals surface area contributed by atoms with Gasteiger partial charge in [-0.2, -0.15) is 0 Å². The fourth-order valence-corrected chi connectivity index (χ4v) is 3.70. The Morgan fingerprint density at radius 1 is 1.19 bits per heavy atom. The molecule has 0 aliphatic heterocycles. The number of anilines is 1. The number of nitrogens with one attached hydrogen (secondary N) is 1. The SMILES string of the molecule is CC1CC(Nc2ccc(-c3nnco3)cc2)CC(C)(C)C1. The van der Waals surface area contributed by atoms with Crippen molar-refractivity contribution < 1.29 is 4.42 Å². The Morgan fingerprint density at radius 2 is 1.95 bits per heavy atom. The van der Waals surface area contributed by atoms with E-state index >= 15 is 0 Å². The van der Waals surface area contributed by atoms with E-state index in [0.29, 0.717) is 17.3 Å². The fourth-order valence-electron chi connectivity index (χ4n) is 3.70. The molecule has 0 spiro atoms. The van der Waals surface area contributed by atoms with Gasteiger partial charge in [0.2, 0.25) is 12.3 Å². The molecule has 2 atom stereocenters. The summed E-state index contributed by atoms with van der Waals surface area (Å²) in [5.41, 5.74) is 2.54. The molecule has 1 aliphatic carbocycles. The van der Waals surface area contributed by atoms with Crippen molar-refractivity contribution in [3.8, 4) is 11.5 Å². The zero-order valence-corrected chi connectivity index (χ0v) is 13.0. The largest absolute Gasteiger partial charge is 0.423 e. The van der Waals surface area contributed by atoms with E-state index in [9.17, 15) is 0 Å². The fraction of sp³-hybridized carbons (Fsp3) is 0.529. The highest BCUT2D eigenvalue weighted by atomic mass is 16.4. The van der Waals surface area contributed by atoms with Gasteiger partial charge in [-0.3, -0.25) is 0 Å². The summed E-state index contributed by atoms with van der Waals surface area (Å²) in [6.07, 6.45) is 5.14. The van der Waals surface area contributed by atoms with Gasteiger partial charge >= 0.3 is 0 Å². The molecule has 1 heterocycles. The number of hydrogen-bond donors (Lipinski definition) is 1. The lowest BCUT2D eigenvalue weighted by atomic mass is 9.70. The standard InChI is InChI=1S/C17H23N3O/c1-12-8-15(10-17(2,3)9-12)19-14-6-4-13(5-7-14)16-20-18-11-21-16/h4-7,11-12,15,19H,8-10H2,1-3H3. The Balaban J connectivity index is 1.68. The first-order valence-corrected chi connectivity index (χ1v) is 7.65. The van der Waals surface area contributed by atoms with Crippen molar-refractivity contribution >= 4 is 5.69 Å². The van der Waals surface area contributed by atoms with Gasteiger partial charge in [-0.15, -0.1) is 10.2 Å². The maximum atomic E-state index is 5.21. The van der Waals surface area contributed by atoms with E-state index in [2.05, 4.69) is 48.4 Å². The number of nitrogens with zero attached hydrogens (tertiary/aromatic N) is 2. The summed E-state index contributed by atoms with van der Waals surface area (Å²) in [5.74, 6) is 1.35. The van der Waals surface area contributed by atoms with E-state index in [1.807, 2.05) is 12.1 Å². The first-order chi connectivity index (χ1) is 10.0. The Morgan fingerprint density at radius 3 is 2.57 bits per heavy atom. The predicted molar refractivity (Wildman–Crippen MR) is 83.9 cm³/mol. The Kier molecular flexibility index (Phi) is 3.70. The molecule has 1 N–H and O–H groups in total. The molecule has 0 bridgehead atoms. The lowest BCUT2D eigenvalue weighted by molar-refractivity contribution is 0.178. The molecule has 3 rings (SSSR count). The predicted octanol–water partition coefficient (Wildman–Crippen LogP) is 4.36. The molecule has 0 amide bonds. The van der Waals surface area contributed by atoms with Crippen LogP contribution in [0.15, 0.2) is 35.1 Å². The topological polar surface area (TPSA) is 51.0 Å². The monoisotopic (exact) mass is 285 g/mol. The van der Waals surface area contributed by atoms with Crippen LogP contribution in [0.5, 0.6) is 0 Å². The minimum Gasteiger partial charge on any atom is -0.423 e. The third kappa shape index (κ3) is 3.43. The lowest BCUT2D eigenvalue weighted by Gasteiger charge is -2.39. The van der Waals surface area contributed by atoms with Crippen molar-refractivity contribution in [2.24, 2.45) is 11.3 Å². The summed E-state index contributed by atoms with van der Waals surface area (Å²) in [6, 6.07) is 8.77. The number of benzene rings is 1. The summed E-state index contributed by atoms with van der Waals surface area (Å²) in [5, 5.41) is 11.3. The van der Waals surface area contributed by atoms with E-state index in [1.54, 1.807) is 0 Å². The van der Waals surface area contributed by atoms with E-state index < -0.39 is 0 Å². The van der Waals surface area contributed by atoms with Crippen LogP contribution in [0.1, 0.15) is 40.0 Å². The molecule has 0 radical (unpaired) electrons. The Labute approximate surface area is 126 Å². The summed E-state index contributed by atoms with van der Waals surface area (Å²) < 4.78 is 5.21. The lowest BCUT2D eigenvalue weighted by Crippen LogP contribution is -2.35. The first-order valence-electron chi connectivity index (χ1n) is 7.65. The van der Waals surface area contributed by atoms with E-state index in [4.69, 9.17) is 4.42 Å². The van der Waals surface area contributed by atoms with Gasteiger partial charge in [-0.1, -0.05) is 20.8 Å². The van der Waals surface area contributed by atoms with Crippen LogP contribution < -0.4 is 5.32 Å². The third-order valence-corrected chi connectivity index (χ3v) is 4.25. The molecular weight excluding hydrogens is 262 g/mol. The van der Waals surface area contributed by atoms with Crippen molar-refractivity contribution in [1.82, 2.24) is 10.2 Å². The molecule has 1 aromatic heterocycles. The second-order valence-electron chi connectivity index (χ2n) is 7.08. The Bertz CT molecular complexity index is 575. The molecule has 0 saturated heterocycles. The molecule has 2 unspecified atom stereocenters. The van der Waals surface area contributed by atoms with Crippen LogP contribution in [0.2, 0.25) is 0 Å². The molecule has 4 nitrogen and oxygen atoms in total. The third-order valence-electron chi connectivity index (χ3n) is 4.25. The summed E-state index contributed by atoms with van der Waals surface area (Å²) in [7, 11) is 0. The molecule has 1 fully saturated rings. The van der Waals surface area contributed by atoms with E-state index in [0.717, 1.165) is 17.2 Å². The molecular formula is C17H23N3O. The number of aromatic nitrogens is 2. The minimum atomic E-state index is 0.430. The second kappa shape index (κ2) is 5.51. The second-order valence-corrected chi connectivity index (χ2v) is 7.08. The van der Waals surface area contributed by atoms with Crippen molar-refractivity contribution in [3.05, 3.63) is 30.7 Å². The van der Waals surface area contributed by atoms with Gasteiger partial charge in [0, 0.05) is 17.3 Å². The molecule has 1 saturated carbocycles. The molecule has 1 aliphatic rings. The van der Waals surface area contributed by atoms with Gasteiger partial charge in [0.15, 0.2) is 0 Å². The zero-order valence-electron chi connectivity index (χ0n) is 13.0. The number of rotatable bonds is 3. The van der Waals surface area contributed by atoms with Gasteiger partial charge < -0.3 is 9.73 Å². The molecule has 21 heavy (non-hydrogen) atoms. The minimum absolute atomic E-state index is 0.430. The molecule has 1 aromatic carbocycles. The highest BCUT2D eigenvalue weighted by Gasteiger charge is 2.31. The highest BCUT2D eigenvalue weighted by molar-refractivity contribution is 5.58. The van der Waals surface area contributed by atoms with Gasteiger partial charge in [0.25, 0.3) is 0 Å². The summed E-state index contributed by atoms with van der Waals surface area (Å²) in [6.45, 7) is 7.10. The number of hydrogen-bond acceptors (Lipinski definition) is 4. The van der Waals surface area contributed by atoms with E-state index in [1.165, 1.54) is 25.7 Å². The smallest absolute Gasteiger partial charge is 0.247 e. The van der Waals surface area contributed by atoms with Crippen LogP contribution in [-0.2, 0) is 0 Å². The van der Waals surface area contributed by atoms with Crippen molar-refractivity contribution in [3.63, 3.8) is 0 Å². The Hall–Kier alpha value is -1.84. The quantitative estimate of drug-likeness (QED) is 0.910. The van der Waals surface area contributed by atoms with Crippen molar-refractivity contribution in [2.45, 2.75) is 46.1 Å². The zero-order chi connectivity index (χ0) is 14.9. The van der Waals surface area contributed by atoms with Gasteiger partial charge in [0.05, 0.1) is 0 Å². The van der Waals surface area contributed by atoms with Crippen LogP contribution in [0.3, 0.4) is 0 Å². The highest BCUT2D eigenvalue weighted by Crippen LogP contribution is 2.39. The van der Waals surface area contributed by atoms with E-state index in [-0.39, 0.29) is 0 Å². The van der Waals surface area contributed by atoms with Gasteiger partial charge in [0.1, 0.15) is 0 Å². The molecule has 2 aromatic rings. The van der Waals surface area contributed by atoms with Crippen LogP contribution in [0.25, 0.3) is 11.5 Å². The van der Waals surface area contributed by atoms with Crippen LogP contribution >= 0.6 is 0 Å². The molecule has 112 valence electrons. The van der Waals surface area contributed by atoms with Crippen LogP contribution in [0.4, 0.5) is 5.69 Å². The average Bonchev–Trinajstić information content (AvgIpc) is 2.91. The average molecular weight is 285 g/mol. The van der Waals surface area contributed by atoms with Crippen molar-refractivity contribution in [1.29, 1.82) is 0 Å². The van der Waals surface area contributed by atoms with Crippen LogP contribution in [-0.4, -0.2) is 16.2 Å².